The highest BCUT2D eigenvalue weighted by molar-refractivity contribution is 5.73. The molecule has 0 nitrogen and oxygen atoms in total. The molecule has 0 aliphatic heterocycles. The van der Waals surface area contributed by atoms with Gasteiger partial charge in [0, 0.05) is 0 Å². The van der Waals surface area contributed by atoms with E-state index in [1.54, 1.807) is 0 Å². The zero-order valence-electron chi connectivity index (χ0n) is 10.8. The van der Waals surface area contributed by atoms with Gasteiger partial charge in [0.25, 0.3) is 0 Å². The predicted octanol–water partition coefficient (Wildman–Crippen LogP) is 5.32. The molecule has 1 saturated carbocycles. The Balaban J connectivity index is 2.14. The Kier molecular flexibility index (Phi) is 4.19. The predicted molar refractivity (Wildman–Crippen MR) is 76.1 cm³/mol. The Bertz CT molecular complexity index is 389. The molecular formula is C17H22. The maximum atomic E-state index is 3.85. The first-order chi connectivity index (χ1) is 8.35. The molecular weight excluding hydrogens is 204 g/mol. The summed E-state index contributed by atoms with van der Waals surface area (Å²) >= 11 is 0. The van der Waals surface area contributed by atoms with Gasteiger partial charge in [0.05, 0.1) is 0 Å². The minimum Gasteiger partial charge on any atom is -0.0985 e. The van der Waals surface area contributed by atoms with Crippen molar-refractivity contribution in [3.63, 3.8) is 0 Å². The molecule has 0 radical (unpaired) electrons. The first-order valence-electron chi connectivity index (χ1n) is 6.74. The van der Waals surface area contributed by atoms with Crippen LogP contribution >= 0.6 is 0 Å². The number of rotatable bonds is 3. The number of benzene rings is 1. The van der Waals surface area contributed by atoms with Gasteiger partial charge in [0.15, 0.2) is 0 Å². The van der Waals surface area contributed by atoms with E-state index in [4.69, 9.17) is 0 Å². The van der Waals surface area contributed by atoms with Gasteiger partial charge >= 0.3 is 0 Å². The van der Waals surface area contributed by atoms with E-state index in [1.165, 1.54) is 48.8 Å². The Labute approximate surface area is 105 Å². The van der Waals surface area contributed by atoms with Crippen LogP contribution in [0.15, 0.2) is 43.0 Å². The monoisotopic (exact) mass is 226 g/mol. The van der Waals surface area contributed by atoms with Crippen molar-refractivity contribution < 1.29 is 0 Å². The maximum absolute atomic E-state index is 3.85. The molecule has 0 heterocycles. The highest BCUT2D eigenvalue weighted by Gasteiger charge is 2.15. The minimum atomic E-state index is 0.801. The topological polar surface area (TPSA) is 0 Å². The average molecular weight is 226 g/mol. The molecule has 1 aromatic carbocycles. The molecule has 2 rings (SSSR count). The van der Waals surface area contributed by atoms with Crippen LogP contribution in [-0.4, -0.2) is 0 Å². The molecule has 0 spiro atoms. The lowest BCUT2D eigenvalue weighted by atomic mass is 9.83. The fourth-order valence-corrected chi connectivity index (χ4v) is 2.79. The van der Waals surface area contributed by atoms with Crippen molar-refractivity contribution >= 4 is 5.57 Å². The van der Waals surface area contributed by atoms with Crippen LogP contribution in [0.1, 0.15) is 56.1 Å². The molecule has 0 saturated heterocycles. The quantitative estimate of drug-likeness (QED) is 0.612. The van der Waals surface area contributed by atoms with Gasteiger partial charge in [-0.05, 0) is 42.4 Å². The van der Waals surface area contributed by atoms with Crippen molar-refractivity contribution in [2.75, 3.05) is 0 Å². The Morgan fingerprint density at radius 2 is 1.76 bits per heavy atom. The number of allylic oxidation sites excluding steroid dienone is 3. The third kappa shape index (κ3) is 2.88. The lowest BCUT2D eigenvalue weighted by molar-refractivity contribution is 0.443. The largest absolute Gasteiger partial charge is 0.0985 e. The van der Waals surface area contributed by atoms with E-state index in [2.05, 4.69) is 43.8 Å². The van der Waals surface area contributed by atoms with E-state index >= 15 is 0 Å². The Morgan fingerprint density at radius 1 is 1.12 bits per heavy atom. The summed E-state index contributed by atoms with van der Waals surface area (Å²) in [6.45, 7) is 5.91. The van der Waals surface area contributed by atoms with Crippen LogP contribution in [0.3, 0.4) is 0 Å². The first-order valence-corrected chi connectivity index (χ1v) is 6.74. The highest BCUT2D eigenvalue weighted by Crippen LogP contribution is 2.33. The summed E-state index contributed by atoms with van der Waals surface area (Å²) < 4.78 is 0. The highest BCUT2D eigenvalue weighted by atomic mass is 14.2. The second-order valence-electron chi connectivity index (χ2n) is 4.91. The average Bonchev–Trinajstić information content (AvgIpc) is 2.42. The van der Waals surface area contributed by atoms with E-state index < -0.39 is 0 Å². The van der Waals surface area contributed by atoms with Gasteiger partial charge < -0.3 is 0 Å². The van der Waals surface area contributed by atoms with E-state index in [-0.39, 0.29) is 0 Å². The number of hydrogen-bond acceptors (Lipinski definition) is 0. The summed E-state index contributed by atoms with van der Waals surface area (Å²) in [5.41, 5.74) is 4.02. The van der Waals surface area contributed by atoms with Crippen molar-refractivity contribution in [2.24, 2.45) is 0 Å². The molecule has 0 N–H and O–H groups in total. The normalized spacial score (nSPS) is 18.1. The van der Waals surface area contributed by atoms with Gasteiger partial charge in [0.1, 0.15) is 0 Å². The fraction of sp³-hybridized carbons (Fsp3) is 0.412. The lowest BCUT2D eigenvalue weighted by Gasteiger charge is -2.22. The van der Waals surface area contributed by atoms with Crippen molar-refractivity contribution in [1.29, 1.82) is 0 Å². The fourth-order valence-electron chi connectivity index (χ4n) is 2.79. The van der Waals surface area contributed by atoms with Crippen LogP contribution in [0.5, 0.6) is 0 Å². The summed E-state index contributed by atoms with van der Waals surface area (Å²) in [4.78, 5) is 0. The molecule has 90 valence electrons. The van der Waals surface area contributed by atoms with Crippen molar-refractivity contribution in [3.8, 4) is 0 Å². The SMILES string of the molecule is C=C/C(=C\C)c1ccc(C2CCCCC2)cc1. The van der Waals surface area contributed by atoms with E-state index in [1.807, 2.05) is 6.08 Å². The van der Waals surface area contributed by atoms with Gasteiger partial charge in [-0.15, -0.1) is 0 Å². The molecule has 1 aliphatic carbocycles. The molecule has 0 heteroatoms. The van der Waals surface area contributed by atoms with Gasteiger partial charge in [-0.3, -0.25) is 0 Å². The second-order valence-corrected chi connectivity index (χ2v) is 4.91. The van der Waals surface area contributed by atoms with E-state index in [9.17, 15) is 0 Å². The molecule has 0 aromatic heterocycles. The third-order valence-corrected chi connectivity index (χ3v) is 3.85. The van der Waals surface area contributed by atoms with Crippen molar-refractivity contribution in [2.45, 2.75) is 44.9 Å². The summed E-state index contributed by atoms with van der Waals surface area (Å²) in [6, 6.07) is 9.08. The summed E-state index contributed by atoms with van der Waals surface area (Å²) in [7, 11) is 0. The van der Waals surface area contributed by atoms with Crippen molar-refractivity contribution in [3.05, 3.63) is 54.1 Å². The van der Waals surface area contributed by atoms with Crippen LogP contribution in [0.4, 0.5) is 0 Å². The van der Waals surface area contributed by atoms with Gasteiger partial charge in [0.2, 0.25) is 0 Å². The third-order valence-electron chi connectivity index (χ3n) is 3.85. The molecule has 0 bridgehead atoms. The summed E-state index contributed by atoms with van der Waals surface area (Å²) in [5.74, 6) is 0.801. The smallest absolute Gasteiger partial charge is 0.0162 e. The molecule has 1 fully saturated rings. The van der Waals surface area contributed by atoms with Crippen LogP contribution in [0.25, 0.3) is 5.57 Å². The molecule has 1 aliphatic rings. The number of hydrogen-bond donors (Lipinski definition) is 0. The van der Waals surface area contributed by atoms with Crippen LogP contribution in [0, 0.1) is 0 Å². The lowest BCUT2D eigenvalue weighted by Crippen LogP contribution is -2.04. The van der Waals surface area contributed by atoms with E-state index in [0.717, 1.165) is 5.92 Å². The molecule has 0 amide bonds. The molecule has 1 aromatic rings. The van der Waals surface area contributed by atoms with Crippen molar-refractivity contribution in [1.82, 2.24) is 0 Å². The van der Waals surface area contributed by atoms with E-state index in [0.29, 0.717) is 0 Å². The summed E-state index contributed by atoms with van der Waals surface area (Å²) in [5, 5.41) is 0. The molecule has 0 atom stereocenters. The van der Waals surface area contributed by atoms with Crippen LogP contribution in [0.2, 0.25) is 0 Å². The van der Waals surface area contributed by atoms with Gasteiger partial charge in [-0.2, -0.15) is 0 Å². The van der Waals surface area contributed by atoms with Crippen LogP contribution in [-0.2, 0) is 0 Å². The summed E-state index contributed by atoms with van der Waals surface area (Å²) in [6.07, 6.45) is 11.0. The standard InChI is InChI=1S/C17H22/c1-3-14(4-2)16-10-12-17(13-11-16)15-8-6-5-7-9-15/h3-4,10-13,15H,1,5-9H2,2H3/b14-4+. The van der Waals surface area contributed by atoms with Gasteiger partial charge in [-0.1, -0.05) is 62.3 Å². The maximum Gasteiger partial charge on any atom is -0.0162 e. The van der Waals surface area contributed by atoms with Gasteiger partial charge in [-0.25, -0.2) is 0 Å². The first kappa shape index (κ1) is 12.2. The Morgan fingerprint density at radius 3 is 2.29 bits per heavy atom. The molecule has 0 unspecified atom stereocenters. The zero-order valence-corrected chi connectivity index (χ0v) is 10.8. The Hall–Kier alpha value is -1.30. The minimum absolute atomic E-state index is 0.801. The zero-order chi connectivity index (χ0) is 12.1. The van der Waals surface area contributed by atoms with Crippen LogP contribution < -0.4 is 0 Å². The second kappa shape index (κ2) is 5.86. The molecule has 17 heavy (non-hydrogen) atoms.